The topological polar surface area (TPSA) is 70.7 Å². The van der Waals surface area contributed by atoms with E-state index in [-0.39, 0.29) is 0 Å². The van der Waals surface area contributed by atoms with Gasteiger partial charge in [0.15, 0.2) is 0 Å². The van der Waals surface area contributed by atoms with Crippen LogP contribution in [0.15, 0.2) is 33.9 Å². The average Bonchev–Trinajstić information content (AvgIpc) is 2.48. The molecule has 1 aromatic heterocycles. The Morgan fingerprint density at radius 1 is 1.07 bits per heavy atom. The van der Waals surface area contributed by atoms with Crippen LogP contribution in [0.1, 0.15) is 5.56 Å². The zero-order valence-corrected chi connectivity index (χ0v) is 7.57. The largest absolute Gasteiger partial charge is 0.348 e. The van der Waals surface area contributed by atoms with Gasteiger partial charge < -0.3 is 0 Å². The Morgan fingerprint density at radius 3 is 2.21 bits per heavy atom. The molecule has 0 bridgehead atoms. The number of aromatic amines is 2. The van der Waals surface area contributed by atoms with Crippen LogP contribution in [0, 0.1) is 6.92 Å². The molecule has 14 heavy (non-hydrogen) atoms. The van der Waals surface area contributed by atoms with Crippen LogP contribution in [-0.2, 0) is 0 Å². The lowest BCUT2D eigenvalue weighted by Gasteiger charge is -2.02. The van der Waals surface area contributed by atoms with Crippen molar-refractivity contribution in [2.45, 2.75) is 6.92 Å². The van der Waals surface area contributed by atoms with Crippen molar-refractivity contribution in [2.75, 3.05) is 0 Å². The minimum atomic E-state index is -0.454. The maximum atomic E-state index is 11.3. The molecule has 5 nitrogen and oxygen atoms in total. The molecule has 2 aromatic rings. The van der Waals surface area contributed by atoms with Crippen LogP contribution in [0.3, 0.4) is 0 Å². The number of nitrogens with zero attached hydrogens (tertiary/aromatic N) is 1. The third-order valence-corrected chi connectivity index (χ3v) is 2.04. The van der Waals surface area contributed by atoms with Crippen molar-refractivity contribution in [3.8, 4) is 5.69 Å². The summed E-state index contributed by atoms with van der Waals surface area (Å²) < 4.78 is 1.06. The second-order valence-corrected chi connectivity index (χ2v) is 2.98. The summed E-state index contributed by atoms with van der Waals surface area (Å²) in [6, 6.07) is 7.19. The van der Waals surface area contributed by atoms with Gasteiger partial charge in [-0.25, -0.2) is 24.4 Å². The Hall–Kier alpha value is -2.04. The van der Waals surface area contributed by atoms with Crippen molar-refractivity contribution in [3.05, 3.63) is 50.8 Å². The first-order valence-corrected chi connectivity index (χ1v) is 4.16. The van der Waals surface area contributed by atoms with Gasteiger partial charge in [-0.2, -0.15) is 0 Å². The Bertz CT molecular complexity index is 534. The van der Waals surface area contributed by atoms with Gasteiger partial charge in [0.25, 0.3) is 0 Å². The van der Waals surface area contributed by atoms with E-state index in [1.807, 2.05) is 19.1 Å². The van der Waals surface area contributed by atoms with Gasteiger partial charge >= 0.3 is 11.4 Å². The van der Waals surface area contributed by atoms with Crippen LogP contribution < -0.4 is 11.4 Å². The first-order valence-electron chi connectivity index (χ1n) is 4.16. The summed E-state index contributed by atoms with van der Waals surface area (Å²) >= 11 is 0. The molecule has 0 unspecified atom stereocenters. The molecule has 2 N–H and O–H groups in total. The van der Waals surface area contributed by atoms with Crippen LogP contribution in [-0.4, -0.2) is 14.8 Å². The highest BCUT2D eigenvalue weighted by molar-refractivity contribution is 5.39. The van der Waals surface area contributed by atoms with Gasteiger partial charge in [-0.05, 0) is 18.6 Å². The molecule has 0 fully saturated rings. The number of rotatable bonds is 1. The van der Waals surface area contributed by atoms with Gasteiger partial charge in [0.1, 0.15) is 0 Å². The van der Waals surface area contributed by atoms with Crippen LogP contribution in [0.4, 0.5) is 0 Å². The number of nitrogens with one attached hydrogen (secondary N) is 2. The number of aryl methyl sites for hydroxylation is 1. The Kier molecular flexibility index (Phi) is 1.85. The summed E-state index contributed by atoms with van der Waals surface area (Å²) in [5, 5.41) is 4.47. The number of hydrogen-bond acceptors (Lipinski definition) is 2. The van der Waals surface area contributed by atoms with Crippen molar-refractivity contribution in [2.24, 2.45) is 0 Å². The second-order valence-electron chi connectivity index (χ2n) is 2.98. The van der Waals surface area contributed by atoms with E-state index >= 15 is 0 Å². The van der Waals surface area contributed by atoms with E-state index in [1.165, 1.54) is 0 Å². The maximum Gasteiger partial charge on any atom is 0.348 e. The van der Waals surface area contributed by atoms with Crippen molar-refractivity contribution in [3.63, 3.8) is 0 Å². The van der Waals surface area contributed by atoms with Crippen LogP contribution >= 0.6 is 0 Å². The number of H-pyrrole nitrogens is 2. The third-order valence-electron chi connectivity index (χ3n) is 2.04. The van der Waals surface area contributed by atoms with E-state index in [4.69, 9.17) is 0 Å². The Balaban J connectivity index is 2.79. The number of aromatic nitrogens is 3. The molecule has 2 rings (SSSR count). The van der Waals surface area contributed by atoms with Crippen molar-refractivity contribution >= 4 is 0 Å². The summed E-state index contributed by atoms with van der Waals surface area (Å²) in [6.07, 6.45) is 0. The summed E-state index contributed by atoms with van der Waals surface area (Å²) in [5.74, 6) is 0. The molecule has 1 aromatic carbocycles. The first kappa shape index (κ1) is 8.55. The lowest BCUT2D eigenvalue weighted by molar-refractivity contribution is 0.941. The van der Waals surface area contributed by atoms with Crippen molar-refractivity contribution in [1.29, 1.82) is 0 Å². The SMILES string of the molecule is Cc1ccccc1-n1c(=O)[nH][nH]c1=O. The fraction of sp³-hybridized carbons (Fsp3) is 0.111. The summed E-state index contributed by atoms with van der Waals surface area (Å²) in [5.41, 5.74) is 0.563. The zero-order valence-electron chi connectivity index (χ0n) is 7.57. The first-order chi connectivity index (χ1) is 6.70. The molecule has 0 atom stereocenters. The normalized spacial score (nSPS) is 10.4. The molecular formula is C9H9N3O2. The standard InChI is InChI=1S/C9H9N3O2/c1-6-4-2-3-5-7(6)12-8(13)10-11-9(12)14/h2-5H,1H3,(H,10,13)(H,11,14). The number of hydrogen-bond donors (Lipinski definition) is 2. The molecule has 0 saturated carbocycles. The summed E-state index contributed by atoms with van der Waals surface area (Å²) in [4.78, 5) is 22.5. The van der Waals surface area contributed by atoms with Gasteiger partial charge in [-0.3, -0.25) is 0 Å². The molecule has 5 heteroatoms. The van der Waals surface area contributed by atoms with Crippen LogP contribution in [0.25, 0.3) is 5.69 Å². The lowest BCUT2D eigenvalue weighted by Crippen LogP contribution is -2.25. The van der Waals surface area contributed by atoms with E-state index in [2.05, 4.69) is 10.2 Å². The molecule has 0 spiro atoms. The van der Waals surface area contributed by atoms with Crippen LogP contribution in [0.5, 0.6) is 0 Å². The fourth-order valence-corrected chi connectivity index (χ4v) is 1.34. The van der Waals surface area contributed by atoms with Gasteiger partial charge in [0.2, 0.25) is 0 Å². The van der Waals surface area contributed by atoms with E-state index in [0.29, 0.717) is 5.69 Å². The molecule has 0 radical (unpaired) electrons. The highest BCUT2D eigenvalue weighted by Gasteiger charge is 2.06. The van der Waals surface area contributed by atoms with Gasteiger partial charge in [0.05, 0.1) is 5.69 Å². The molecule has 0 amide bonds. The molecule has 0 aliphatic carbocycles. The number of benzene rings is 1. The van der Waals surface area contributed by atoms with Gasteiger partial charge in [-0.1, -0.05) is 18.2 Å². The molecule has 1 heterocycles. The second kappa shape index (κ2) is 3.02. The Morgan fingerprint density at radius 2 is 1.64 bits per heavy atom. The van der Waals surface area contributed by atoms with Gasteiger partial charge in [-0.15, -0.1) is 0 Å². The van der Waals surface area contributed by atoms with E-state index in [0.717, 1.165) is 10.1 Å². The van der Waals surface area contributed by atoms with Crippen molar-refractivity contribution in [1.82, 2.24) is 14.8 Å². The van der Waals surface area contributed by atoms with Crippen LogP contribution in [0.2, 0.25) is 0 Å². The highest BCUT2D eigenvalue weighted by Crippen LogP contribution is 2.08. The molecular weight excluding hydrogens is 182 g/mol. The van der Waals surface area contributed by atoms with E-state index < -0.39 is 11.4 Å². The predicted molar refractivity (Wildman–Crippen MR) is 51.7 cm³/mol. The van der Waals surface area contributed by atoms with Crippen molar-refractivity contribution < 1.29 is 0 Å². The smallest absolute Gasteiger partial charge is 0.247 e. The van der Waals surface area contributed by atoms with Gasteiger partial charge in [0, 0.05) is 0 Å². The summed E-state index contributed by atoms with van der Waals surface area (Å²) in [6.45, 7) is 1.84. The predicted octanol–water partition coefficient (Wildman–Crippen LogP) is 0.162. The monoisotopic (exact) mass is 191 g/mol. The average molecular weight is 191 g/mol. The minimum absolute atomic E-state index is 0.454. The Labute approximate surface area is 79.0 Å². The maximum absolute atomic E-state index is 11.3. The third kappa shape index (κ3) is 1.19. The highest BCUT2D eigenvalue weighted by atomic mass is 16.2. The van der Waals surface area contributed by atoms with E-state index in [1.54, 1.807) is 12.1 Å². The minimum Gasteiger partial charge on any atom is -0.247 e. The lowest BCUT2D eigenvalue weighted by atomic mass is 10.2. The summed E-state index contributed by atoms with van der Waals surface area (Å²) in [7, 11) is 0. The number of para-hydroxylation sites is 1. The fourth-order valence-electron chi connectivity index (χ4n) is 1.34. The molecule has 72 valence electrons. The molecule has 0 aliphatic rings. The van der Waals surface area contributed by atoms with E-state index in [9.17, 15) is 9.59 Å². The molecule has 0 aliphatic heterocycles. The quantitative estimate of drug-likeness (QED) is 0.674. The molecule has 0 saturated heterocycles. The zero-order chi connectivity index (χ0) is 10.1.